The highest BCUT2D eigenvalue weighted by Gasteiger charge is 2.18. The number of likely N-dealkylation sites (N-methyl/N-ethyl adjacent to an activating group) is 1. The molecule has 1 aliphatic heterocycles. The summed E-state index contributed by atoms with van der Waals surface area (Å²) in [7, 11) is 2.13. The van der Waals surface area contributed by atoms with Crippen LogP contribution in [0.3, 0.4) is 0 Å². The van der Waals surface area contributed by atoms with Crippen LogP contribution in [0.2, 0.25) is 0 Å². The van der Waals surface area contributed by atoms with E-state index >= 15 is 0 Å². The molecule has 1 aliphatic rings. The molecule has 0 aromatic carbocycles. The molecule has 1 aromatic rings. The second-order valence-corrected chi connectivity index (χ2v) is 4.89. The van der Waals surface area contributed by atoms with Gasteiger partial charge in [-0.05, 0) is 20.4 Å². The molecule has 1 aromatic heterocycles. The average Bonchev–Trinajstić information content (AvgIpc) is 2.46. The standard InChI is InChI=1S/C13H24N6O/c1-4-6-14-11-15-12(17-13(16-11)20-5-2)19-9-7-18(3)8-10-19/h4-10H2,1-3H3,(H,14,15,16,17). The number of rotatable bonds is 6. The number of hydrogen-bond donors (Lipinski definition) is 1. The molecule has 0 radical (unpaired) electrons. The van der Waals surface area contributed by atoms with Crippen LogP contribution < -0.4 is 15.0 Å². The fourth-order valence-corrected chi connectivity index (χ4v) is 2.00. The molecule has 0 spiro atoms. The van der Waals surface area contributed by atoms with Gasteiger partial charge in [-0.2, -0.15) is 15.0 Å². The number of aromatic nitrogens is 3. The lowest BCUT2D eigenvalue weighted by molar-refractivity contribution is 0.303. The van der Waals surface area contributed by atoms with Crippen molar-refractivity contribution in [2.45, 2.75) is 20.3 Å². The van der Waals surface area contributed by atoms with Gasteiger partial charge in [-0.15, -0.1) is 0 Å². The van der Waals surface area contributed by atoms with Crippen molar-refractivity contribution in [3.8, 4) is 6.01 Å². The Kier molecular flexibility index (Phi) is 5.34. The summed E-state index contributed by atoms with van der Waals surface area (Å²) >= 11 is 0. The van der Waals surface area contributed by atoms with Gasteiger partial charge in [0.2, 0.25) is 11.9 Å². The summed E-state index contributed by atoms with van der Waals surface area (Å²) in [6.07, 6.45) is 1.03. The third-order valence-electron chi connectivity index (χ3n) is 3.20. The second-order valence-electron chi connectivity index (χ2n) is 4.89. The number of piperazine rings is 1. The largest absolute Gasteiger partial charge is 0.464 e. The topological polar surface area (TPSA) is 66.4 Å². The lowest BCUT2D eigenvalue weighted by atomic mass is 10.3. The van der Waals surface area contributed by atoms with E-state index in [4.69, 9.17) is 4.74 Å². The third-order valence-corrected chi connectivity index (χ3v) is 3.20. The first kappa shape index (κ1) is 14.8. The third kappa shape index (κ3) is 3.93. The van der Waals surface area contributed by atoms with Gasteiger partial charge in [0.15, 0.2) is 0 Å². The van der Waals surface area contributed by atoms with Crippen molar-refractivity contribution in [1.29, 1.82) is 0 Å². The summed E-state index contributed by atoms with van der Waals surface area (Å²) in [6, 6.07) is 0.398. The van der Waals surface area contributed by atoms with Crippen molar-refractivity contribution in [2.75, 3.05) is 56.6 Å². The molecule has 7 heteroatoms. The lowest BCUT2D eigenvalue weighted by Gasteiger charge is -2.32. The van der Waals surface area contributed by atoms with Crippen molar-refractivity contribution in [3.63, 3.8) is 0 Å². The van der Waals surface area contributed by atoms with Crippen molar-refractivity contribution in [2.24, 2.45) is 0 Å². The quantitative estimate of drug-likeness (QED) is 0.828. The maximum Gasteiger partial charge on any atom is 0.323 e. The minimum absolute atomic E-state index is 0.398. The zero-order chi connectivity index (χ0) is 14.4. The van der Waals surface area contributed by atoms with Crippen LogP contribution in [0, 0.1) is 0 Å². The van der Waals surface area contributed by atoms with E-state index < -0.39 is 0 Å². The van der Waals surface area contributed by atoms with E-state index in [9.17, 15) is 0 Å². The molecule has 0 aliphatic carbocycles. The molecule has 7 nitrogen and oxygen atoms in total. The predicted molar refractivity (Wildman–Crippen MR) is 79.5 cm³/mol. The van der Waals surface area contributed by atoms with E-state index in [1.807, 2.05) is 6.92 Å². The number of ether oxygens (including phenoxy) is 1. The van der Waals surface area contributed by atoms with E-state index in [1.54, 1.807) is 0 Å². The van der Waals surface area contributed by atoms with Crippen LogP contribution in [0.4, 0.5) is 11.9 Å². The van der Waals surface area contributed by atoms with Gasteiger partial charge in [-0.1, -0.05) is 6.92 Å². The molecule has 0 atom stereocenters. The van der Waals surface area contributed by atoms with Gasteiger partial charge in [-0.25, -0.2) is 0 Å². The molecule has 0 amide bonds. The Labute approximate surface area is 120 Å². The van der Waals surface area contributed by atoms with Gasteiger partial charge in [0, 0.05) is 32.7 Å². The van der Waals surface area contributed by atoms with Crippen molar-refractivity contribution in [1.82, 2.24) is 19.9 Å². The van der Waals surface area contributed by atoms with Crippen LogP contribution in [-0.2, 0) is 0 Å². The highest BCUT2D eigenvalue weighted by atomic mass is 16.5. The van der Waals surface area contributed by atoms with E-state index in [0.29, 0.717) is 24.5 Å². The first-order valence-electron chi connectivity index (χ1n) is 7.29. The zero-order valence-electron chi connectivity index (χ0n) is 12.6. The van der Waals surface area contributed by atoms with Crippen molar-refractivity contribution in [3.05, 3.63) is 0 Å². The number of hydrogen-bond acceptors (Lipinski definition) is 7. The van der Waals surface area contributed by atoms with Crippen LogP contribution in [0.25, 0.3) is 0 Å². The summed E-state index contributed by atoms with van der Waals surface area (Å²) in [5.74, 6) is 1.30. The number of nitrogens with zero attached hydrogens (tertiary/aromatic N) is 5. The molecule has 0 bridgehead atoms. The zero-order valence-corrected chi connectivity index (χ0v) is 12.6. The van der Waals surface area contributed by atoms with Gasteiger partial charge < -0.3 is 19.9 Å². The number of nitrogens with one attached hydrogen (secondary N) is 1. The molecule has 0 saturated carbocycles. The normalized spacial score (nSPS) is 16.2. The van der Waals surface area contributed by atoms with Crippen LogP contribution in [0.15, 0.2) is 0 Å². The SMILES string of the molecule is CCCNc1nc(OCC)nc(N2CCN(C)CC2)n1. The highest BCUT2D eigenvalue weighted by molar-refractivity contribution is 5.38. The van der Waals surface area contributed by atoms with Crippen LogP contribution in [-0.4, -0.2) is 66.2 Å². The van der Waals surface area contributed by atoms with E-state index in [1.165, 1.54) is 0 Å². The van der Waals surface area contributed by atoms with Gasteiger partial charge in [0.25, 0.3) is 0 Å². The molecule has 2 heterocycles. The smallest absolute Gasteiger partial charge is 0.323 e. The monoisotopic (exact) mass is 280 g/mol. The maximum atomic E-state index is 5.44. The Morgan fingerprint density at radius 2 is 1.85 bits per heavy atom. The highest BCUT2D eigenvalue weighted by Crippen LogP contribution is 2.16. The molecule has 0 unspecified atom stereocenters. The van der Waals surface area contributed by atoms with Crippen LogP contribution in [0.1, 0.15) is 20.3 Å². The Bertz CT molecular complexity index is 419. The molecule has 1 N–H and O–H groups in total. The molecular weight excluding hydrogens is 256 g/mol. The molecule has 2 rings (SSSR count). The molecule has 1 saturated heterocycles. The Morgan fingerprint density at radius 1 is 1.10 bits per heavy atom. The second kappa shape index (κ2) is 7.23. The molecule has 1 fully saturated rings. The summed E-state index contributed by atoms with van der Waals surface area (Å²) in [5.41, 5.74) is 0. The number of anilines is 2. The first-order valence-corrected chi connectivity index (χ1v) is 7.29. The van der Waals surface area contributed by atoms with Crippen molar-refractivity contribution < 1.29 is 4.74 Å². The molecule has 112 valence electrons. The average molecular weight is 280 g/mol. The summed E-state index contributed by atoms with van der Waals surface area (Å²) < 4.78 is 5.44. The van der Waals surface area contributed by atoms with Gasteiger partial charge in [0.05, 0.1) is 6.61 Å². The molecular formula is C13H24N6O. The van der Waals surface area contributed by atoms with Gasteiger partial charge in [0.1, 0.15) is 0 Å². The minimum Gasteiger partial charge on any atom is -0.464 e. The summed E-state index contributed by atoms with van der Waals surface area (Å²) in [4.78, 5) is 17.7. The lowest BCUT2D eigenvalue weighted by Crippen LogP contribution is -2.45. The summed E-state index contributed by atoms with van der Waals surface area (Å²) in [5, 5.41) is 3.20. The maximum absolute atomic E-state index is 5.44. The Balaban J connectivity index is 2.15. The van der Waals surface area contributed by atoms with E-state index in [0.717, 1.165) is 39.1 Å². The van der Waals surface area contributed by atoms with E-state index in [2.05, 4.69) is 44.0 Å². The van der Waals surface area contributed by atoms with E-state index in [-0.39, 0.29) is 0 Å². The minimum atomic E-state index is 0.398. The first-order chi connectivity index (χ1) is 9.72. The van der Waals surface area contributed by atoms with Crippen LogP contribution in [0.5, 0.6) is 6.01 Å². The van der Waals surface area contributed by atoms with Crippen LogP contribution >= 0.6 is 0 Å². The Hall–Kier alpha value is -1.63. The molecule has 20 heavy (non-hydrogen) atoms. The Morgan fingerprint density at radius 3 is 2.50 bits per heavy atom. The fourth-order valence-electron chi connectivity index (χ4n) is 2.00. The predicted octanol–water partition coefficient (Wildman–Crippen LogP) is 0.844. The fraction of sp³-hybridized carbons (Fsp3) is 0.769. The summed E-state index contributed by atoms with van der Waals surface area (Å²) in [6.45, 7) is 9.34. The van der Waals surface area contributed by atoms with Crippen molar-refractivity contribution >= 4 is 11.9 Å². The van der Waals surface area contributed by atoms with Gasteiger partial charge >= 0.3 is 6.01 Å². The van der Waals surface area contributed by atoms with Gasteiger partial charge in [-0.3, -0.25) is 0 Å².